The van der Waals surface area contributed by atoms with Gasteiger partial charge in [-0.25, -0.2) is 0 Å². The van der Waals surface area contributed by atoms with Crippen molar-refractivity contribution in [1.29, 1.82) is 5.26 Å². The van der Waals surface area contributed by atoms with Gasteiger partial charge in [-0.1, -0.05) is 30.3 Å². The maximum atomic E-state index is 11.0. The number of nitriles is 1. The Morgan fingerprint density at radius 1 is 1.29 bits per heavy atom. The van der Waals surface area contributed by atoms with Gasteiger partial charge in [-0.2, -0.15) is 5.26 Å². The summed E-state index contributed by atoms with van der Waals surface area (Å²) in [5.41, 5.74) is 0.634. The van der Waals surface area contributed by atoms with Gasteiger partial charge >= 0.3 is 0 Å². The fourth-order valence-corrected chi connectivity index (χ4v) is 2.62. The van der Waals surface area contributed by atoms with Crippen LogP contribution in [-0.4, -0.2) is 11.5 Å². The van der Waals surface area contributed by atoms with Gasteiger partial charge in [0.15, 0.2) is 0 Å². The van der Waals surface area contributed by atoms with Gasteiger partial charge in [-0.3, -0.25) is 4.79 Å². The average Bonchev–Trinajstić information content (AvgIpc) is 2.35. The largest absolute Gasteiger partial charge is 0.299 e. The van der Waals surface area contributed by atoms with E-state index in [9.17, 15) is 4.79 Å². The summed E-state index contributed by atoms with van der Waals surface area (Å²) < 4.78 is 0. The second kappa shape index (κ2) is 5.03. The van der Waals surface area contributed by atoms with Crippen LogP contribution in [-0.2, 0) is 4.79 Å². The van der Waals surface area contributed by atoms with E-state index in [0.717, 1.165) is 15.7 Å². The van der Waals surface area contributed by atoms with Crippen LogP contribution in [0.3, 0.4) is 0 Å². The number of carbonyl (C=O) groups is 1. The molecule has 84 valence electrons. The molecule has 0 radical (unpaired) electrons. The number of ketones is 1. The quantitative estimate of drug-likeness (QED) is 0.773. The van der Waals surface area contributed by atoms with E-state index in [1.807, 2.05) is 36.4 Å². The number of benzene rings is 2. The molecule has 0 heterocycles. The summed E-state index contributed by atoms with van der Waals surface area (Å²) in [6.45, 7) is 1.56. The molecule has 0 fully saturated rings. The number of carbonyl (C=O) groups excluding carboxylic acids is 1. The van der Waals surface area contributed by atoms with Crippen LogP contribution in [0.2, 0.25) is 0 Å². The first-order valence-electron chi connectivity index (χ1n) is 5.26. The molecule has 2 rings (SSSR count). The highest BCUT2D eigenvalue weighted by Gasteiger charge is 2.08. The molecule has 0 N–H and O–H groups in total. The molecule has 0 aromatic heterocycles. The predicted octanol–water partition coefficient (Wildman–Crippen LogP) is 3.39. The Balaban J connectivity index is 2.55. The summed E-state index contributed by atoms with van der Waals surface area (Å²) >= 11 is 1.44. The molecule has 0 bridgehead atoms. The first-order chi connectivity index (χ1) is 8.22. The Bertz CT molecular complexity index is 613. The topological polar surface area (TPSA) is 40.9 Å². The third kappa shape index (κ3) is 2.48. The normalized spacial score (nSPS) is 10.1. The predicted molar refractivity (Wildman–Crippen MR) is 70.1 cm³/mol. The number of rotatable bonds is 3. The standard InChI is InChI=1S/C14H11NOS/c1-10(16)9-17-14-12(8-15)7-6-11-4-2-3-5-13(11)14/h2-7H,9H2,1H3. The molecule has 2 aromatic carbocycles. The maximum absolute atomic E-state index is 11.0. The Kier molecular flexibility index (Phi) is 3.46. The van der Waals surface area contributed by atoms with E-state index in [1.165, 1.54) is 11.8 Å². The molecule has 2 nitrogen and oxygen atoms in total. The van der Waals surface area contributed by atoms with Crippen molar-refractivity contribution in [2.75, 3.05) is 5.75 Å². The number of hydrogen-bond donors (Lipinski definition) is 0. The van der Waals surface area contributed by atoms with Gasteiger partial charge in [0.1, 0.15) is 11.9 Å². The van der Waals surface area contributed by atoms with Crippen molar-refractivity contribution in [3.8, 4) is 6.07 Å². The van der Waals surface area contributed by atoms with Crippen molar-refractivity contribution in [2.24, 2.45) is 0 Å². The number of fused-ring (bicyclic) bond motifs is 1. The van der Waals surface area contributed by atoms with Crippen LogP contribution in [0.5, 0.6) is 0 Å². The van der Waals surface area contributed by atoms with E-state index in [0.29, 0.717) is 11.3 Å². The maximum Gasteiger partial charge on any atom is 0.140 e. The Labute approximate surface area is 104 Å². The van der Waals surface area contributed by atoms with Crippen molar-refractivity contribution in [3.63, 3.8) is 0 Å². The minimum absolute atomic E-state index is 0.117. The molecule has 0 atom stereocenters. The summed E-state index contributed by atoms with van der Waals surface area (Å²) in [5, 5.41) is 11.2. The van der Waals surface area contributed by atoms with E-state index >= 15 is 0 Å². The number of nitrogens with zero attached hydrogens (tertiary/aromatic N) is 1. The zero-order valence-electron chi connectivity index (χ0n) is 9.43. The summed E-state index contributed by atoms with van der Waals surface area (Å²) in [6, 6.07) is 13.8. The Morgan fingerprint density at radius 2 is 2.06 bits per heavy atom. The van der Waals surface area contributed by atoms with Crippen molar-refractivity contribution in [1.82, 2.24) is 0 Å². The van der Waals surface area contributed by atoms with Crippen LogP contribution in [0.1, 0.15) is 12.5 Å². The van der Waals surface area contributed by atoms with Crippen molar-refractivity contribution >= 4 is 28.3 Å². The molecule has 0 aliphatic rings. The summed E-state index contributed by atoms with van der Waals surface area (Å²) in [6.07, 6.45) is 0. The molecule has 2 aromatic rings. The molecule has 0 saturated heterocycles. The van der Waals surface area contributed by atoms with Crippen LogP contribution in [0.4, 0.5) is 0 Å². The van der Waals surface area contributed by atoms with Gasteiger partial charge < -0.3 is 0 Å². The summed E-state index contributed by atoms with van der Waals surface area (Å²) in [7, 11) is 0. The van der Waals surface area contributed by atoms with E-state index < -0.39 is 0 Å². The summed E-state index contributed by atoms with van der Waals surface area (Å²) in [5.74, 6) is 0.523. The van der Waals surface area contributed by atoms with Crippen LogP contribution < -0.4 is 0 Å². The van der Waals surface area contributed by atoms with E-state index in [1.54, 1.807) is 6.92 Å². The van der Waals surface area contributed by atoms with E-state index in [-0.39, 0.29) is 5.78 Å². The third-order valence-corrected chi connectivity index (χ3v) is 3.70. The molecule has 0 aliphatic heterocycles. The first kappa shape index (κ1) is 11.7. The summed E-state index contributed by atoms with van der Waals surface area (Å²) in [4.78, 5) is 12.0. The molecular formula is C14H11NOS. The SMILES string of the molecule is CC(=O)CSc1c(C#N)ccc2ccccc12. The molecule has 0 amide bonds. The van der Waals surface area contributed by atoms with Gasteiger partial charge in [0, 0.05) is 4.90 Å². The monoisotopic (exact) mass is 241 g/mol. The number of thioether (sulfide) groups is 1. The average molecular weight is 241 g/mol. The second-order valence-corrected chi connectivity index (χ2v) is 4.75. The lowest BCUT2D eigenvalue weighted by Crippen LogP contribution is -1.94. The lowest BCUT2D eigenvalue weighted by atomic mass is 10.1. The fourth-order valence-electron chi connectivity index (χ4n) is 1.66. The van der Waals surface area contributed by atoms with Crippen LogP contribution in [0, 0.1) is 11.3 Å². The van der Waals surface area contributed by atoms with Crippen LogP contribution in [0.25, 0.3) is 10.8 Å². The molecular weight excluding hydrogens is 230 g/mol. The molecule has 17 heavy (non-hydrogen) atoms. The Hall–Kier alpha value is -1.79. The lowest BCUT2D eigenvalue weighted by molar-refractivity contribution is -0.114. The zero-order chi connectivity index (χ0) is 12.3. The lowest BCUT2D eigenvalue weighted by Gasteiger charge is -2.07. The van der Waals surface area contributed by atoms with Crippen LogP contribution in [0.15, 0.2) is 41.3 Å². The highest BCUT2D eigenvalue weighted by atomic mass is 32.2. The molecule has 0 saturated carbocycles. The third-order valence-electron chi connectivity index (χ3n) is 2.42. The van der Waals surface area contributed by atoms with Gasteiger partial charge in [0.2, 0.25) is 0 Å². The molecule has 0 aliphatic carbocycles. The smallest absolute Gasteiger partial charge is 0.140 e. The van der Waals surface area contributed by atoms with Crippen molar-refractivity contribution in [2.45, 2.75) is 11.8 Å². The molecule has 3 heteroatoms. The minimum atomic E-state index is 0.117. The van der Waals surface area contributed by atoms with Crippen molar-refractivity contribution < 1.29 is 4.79 Å². The minimum Gasteiger partial charge on any atom is -0.299 e. The fraction of sp³-hybridized carbons (Fsp3) is 0.143. The zero-order valence-corrected chi connectivity index (χ0v) is 10.3. The second-order valence-electron chi connectivity index (χ2n) is 3.77. The molecule has 0 spiro atoms. The van der Waals surface area contributed by atoms with Gasteiger partial charge in [0.25, 0.3) is 0 Å². The first-order valence-corrected chi connectivity index (χ1v) is 6.25. The number of hydrogen-bond acceptors (Lipinski definition) is 3. The van der Waals surface area contributed by atoms with Gasteiger partial charge in [-0.05, 0) is 23.8 Å². The van der Waals surface area contributed by atoms with Gasteiger partial charge in [-0.15, -0.1) is 11.8 Å². The van der Waals surface area contributed by atoms with Gasteiger partial charge in [0.05, 0.1) is 11.3 Å². The van der Waals surface area contributed by atoms with Crippen molar-refractivity contribution in [3.05, 3.63) is 42.0 Å². The molecule has 0 unspecified atom stereocenters. The van der Waals surface area contributed by atoms with E-state index in [4.69, 9.17) is 5.26 Å². The van der Waals surface area contributed by atoms with E-state index in [2.05, 4.69) is 6.07 Å². The van der Waals surface area contributed by atoms with Crippen LogP contribution >= 0.6 is 11.8 Å². The number of Topliss-reactive ketones (excluding diaryl/α,β-unsaturated/α-hetero) is 1. The Morgan fingerprint density at radius 3 is 2.76 bits per heavy atom. The highest BCUT2D eigenvalue weighted by Crippen LogP contribution is 2.31. The highest BCUT2D eigenvalue weighted by molar-refractivity contribution is 8.00.